The fourth-order valence-corrected chi connectivity index (χ4v) is 2.78. The van der Waals surface area contributed by atoms with Crippen molar-refractivity contribution in [2.24, 2.45) is 0 Å². The molecule has 3 nitrogen and oxygen atoms in total. The summed E-state index contributed by atoms with van der Waals surface area (Å²) in [5.41, 5.74) is 1.03. The second-order valence-electron chi connectivity index (χ2n) is 4.45. The van der Waals surface area contributed by atoms with E-state index in [0.29, 0.717) is 19.6 Å². The van der Waals surface area contributed by atoms with E-state index in [4.69, 9.17) is 4.74 Å². The number of hydrogen-bond donors (Lipinski definition) is 0. The molecule has 1 fully saturated rings. The summed E-state index contributed by atoms with van der Waals surface area (Å²) in [7, 11) is 0. The molecule has 1 aliphatic heterocycles. The molecule has 1 aromatic rings. The lowest BCUT2D eigenvalue weighted by Gasteiger charge is -2.32. The highest BCUT2D eigenvalue weighted by molar-refractivity contribution is 7.09. The van der Waals surface area contributed by atoms with Crippen molar-refractivity contribution in [3.8, 4) is 0 Å². The van der Waals surface area contributed by atoms with Crippen molar-refractivity contribution in [3.63, 3.8) is 0 Å². The van der Waals surface area contributed by atoms with Crippen LogP contribution in [0.3, 0.4) is 0 Å². The Labute approximate surface area is 106 Å². The summed E-state index contributed by atoms with van der Waals surface area (Å²) in [6.45, 7) is 6.62. The minimum absolute atomic E-state index is 0.0199. The van der Waals surface area contributed by atoms with Crippen LogP contribution in [0.15, 0.2) is 5.38 Å². The minimum atomic E-state index is -0.730. The monoisotopic (exact) mass is 258 g/mol. The van der Waals surface area contributed by atoms with Gasteiger partial charge in [0.1, 0.15) is 17.3 Å². The van der Waals surface area contributed by atoms with E-state index in [2.05, 4.69) is 9.88 Å². The first-order chi connectivity index (χ1) is 8.19. The van der Waals surface area contributed by atoms with Crippen LogP contribution in [0, 0.1) is 6.92 Å². The van der Waals surface area contributed by atoms with Gasteiger partial charge in [-0.2, -0.15) is 0 Å². The lowest BCUT2D eigenvalue weighted by atomic mass is 10.2. The van der Waals surface area contributed by atoms with Crippen molar-refractivity contribution >= 4 is 11.3 Å². The number of nitrogens with zero attached hydrogens (tertiary/aromatic N) is 2. The summed E-state index contributed by atoms with van der Waals surface area (Å²) >= 11 is 1.63. The molecular formula is C12H19FN2OS. The molecule has 0 N–H and O–H groups in total. The van der Waals surface area contributed by atoms with Gasteiger partial charge in [-0.1, -0.05) is 6.92 Å². The first kappa shape index (κ1) is 12.9. The number of thiazole rings is 1. The minimum Gasteiger partial charge on any atom is -0.368 e. The van der Waals surface area contributed by atoms with E-state index in [1.807, 2.05) is 19.2 Å². The van der Waals surface area contributed by atoms with Gasteiger partial charge in [0.25, 0.3) is 0 Å². The molecule has 0 unspecified atom stereocenters. The average Bonchev–Trinajstić information content (AvgIpc) is 2.76. The molecule has 2 rings (SSSR count). The molecule has 0 bridgehead atoms. The zero-order valence-electron chi connectivity index (χ0n) is 10.4. The molecule has 2 atom stereocenters. The molecular weight excluding hydrogens is 239 g/mol. The van der Waals surface area contributed by atoms with Crippen molar-refractivity contribution in [2.75, 3.05) is 26.2 Å². The van der Waals surface area contributed by atoms with Crippen LogP contribution in [0.25, 0.3) is 0 Å². The first-order valence-electron chi connectivity index (χ1n) is 6.09. The number of alkyl halides is 1. The highest BCUT2D eigenvalue weighted by Gasteiger charge is 2.25. The quantitative estimate of drug-likeness (QED) is 0.830. The van der Waals surface area contributed by atoms with Crippen LogP contribution in [0.1, 0.15) is 30.2 Å². The third-order valence-electron chi connectivity index (χ3n) is 2.96. The highest BCUT2D eigenvalue weighted by Crippen LogP contribution is 2.25. The molecule has 96 valence electrons. The van der Waals surface area contributed by atoms with Gasteiger partial charge in [-0.15, -0.1) is 11.3 Å². The number of halogens is 1. The van der Waals surface area contributed by atoms with Crippen LogP contribution >= 0.6 is 11.3 Å². The van der Waals surface area contributed by atoms with E-state index in [-0.39, 0.29) is 6.10 Å². The predicted molar refractivity (Wildman–Crippen MR) is 67.2 cm³/mol. The zero-order chi connectivity index (χ0) is 12.3. The Morgan fingerprint density at radius 2 is 2.53 bits per heavy atom. The molecule has 5 heteroatoms. The van der Waals surface area contributed by atoms with Crippen LogP contribution in [0.2, 0.25) is 0 Å². The molecule has 17 heavy (non-hydrogen) atoms. The van der Waals surface area contributed by atoms with Gasteiger partial charge in [0.05, 0.1) is 6.61 Å². The summed E-state index contributed by atoms with van der Waals surface area (Å²) in [6, 6.07) is 0. The predicted octanol–water partition coefficient (Wildman–Crippen LogP) is 2.57. The Morgan fingerprint density at radius 1 is 1.71 bits per heavy atom. The van der Waals surface area contributed by atoms with E-state index in [9.17, 15) is 4.39 Å². The number of rotatable bonds is 4. The topological polar surface area (TPSA) is 25.4 Å². The Hall–Kier alpha value is -0.520. The Kier molecular flexibility index (Phi) is 4.48. The summed E-state index contributed by atoms with van der Waals surface area (Å²) in [5, 5.41) is 3.04. The van der Waals surface area contributed by atoms with E-state index in [1.54, 1.807) is 11.3 Å². The van der Waals surface area contributed by atoms with Crippen LogP contribution in [0.4, 0.5) is 4.39 Å². The molecule has 0 saturated carbocycles. The molecule has 0 amide bonds. The highest BCUT2D eigenvalue weighted by atomic mass is 32.1. The third-order valence-corrected chi connectivity index (χ3v) is 4.02. The Morgan fingerprint density at radius 3 is 3.18 bits per heavy atom. The normalized spacial score (nSPS) is 23.8. The van der Waals surface area contributed by atoms with E-state index in [0.717, 1.165) is 23.8 Å². The van der Waals surface area contributed by atoms with Crippen molar-refractivity contribution < 1.29 is 9.13 Å². The Bertz CT molecular complexity index is 358. The lowest BCUT2D eigenvalue weighted by molar-refractivity contribution is -0.0364. The second-order valence-corrected chi connectivity index (χ2v) is 5.34. The molecule has 1 saturated heterocycles. The molecule has 0 aliphatic carbocycles. The number of aromatic nitrogens is 1. The van der Waals surface area contributed by atoms with Crippen molar-refractivity contribution in [1.82, 2.24) is 9.88 Å². The molecule has 0 aromatic carbocycles. The zero-order valence-corrected chi connectivity index (χ0v) is 11.2. The lowest BCUT2D eigenvalue weighted by Crippen LogP contribution is -2.41. The van der Waals surface area contributed by atoms with Gasteiger partial charge in [-0.05, 0) is 13.3 Å². The maximum Gasteiger partial charge on any atom is 0.123 e. The van der Waals surface area contributed by atoms with Crippen LogP contribution < -0.4 is 0 Å². The van der Waals surface area contributed by atoms with Gasteiger partial charge in [-0.3, -0.25) is 4.90 Å². The maximum absolute atomic E-state index is 13.4. The summed E-state index contributed by atoms with van der Waals surface area (Å²) in [4.78, 5) is 6.58. The van der Waals surface area contributed by atoms with Crippen LogP contribution in [0.5, 0.6) is 0 Å². The summed E-state index contributed by atoms with van der Waals surface area (Å²) in [6.07, 6.45) is -0.128. The maximum atomic E-state index is 13.4. The van der Waals surface area contributed by atoms with E-state index < -0.39 is 6.17 Å². The molecule has 0 radical (unpaired) electrons. The fraction of sp³-hybridized carbons (Fsp3) is 0.750. The van der Waals surface area contributed by atoms with Crippen LogP contribution in [-0.2, 0) is 4.74 Å². The van der Waals surface area contributed by atoms with Gasteiger partial charge in [0, 0.05) is 30.7 Å². The van der Waals surface area contributed by atoms with E-state index in [1.165, 1.54) is 0 Å². The third kappa shape index (κ3) is 3.47. The Balaban J connectivity index is 1.93. The first-order valence-corrected chi connectivity index (χ1v) is 6.97. The summed E-state index contributed by atoms with van der Waals surface area (Å²) in [5.74, 6) is 0. The smallest absolute Gasteiger partial charge is 0.123 e. The van der Waals surface area contributed by atoms with Gasteiger partial charge in [0.2, 0.25) is 0 Å². The van der Waals surface area contributed by atoms with Crippen molar-refractivity contribution in [2.45, 2.75) is 32.5 Å². The number of hydrogen-bond acceptors (Lipinski definition) is 4. The summed E-state index contributed by atoms with van der Waals surface area (Å²) < 4.78 is 19.1. The molecule has 0 spiro atoms. The van der Waals surface area contributed by atoms with Crippen LogP contribution in [-0.4, -0.2) is 42.3 Å². The van der Waals surface area contributed by atoms with Crippen molar-refractivity contribution in [3.05, 3.63) is 16.1 Å². The molecule has 1 aliphatic rings. The average molecular weight is 258 g/mol. The van der Waals surface area contributed by atoms with Gasteiger partial charge >= 0.3 is 0 Å². The van der Waals surface area contributed by atoms with Crippen molar-refractivity contribution in [1.29, 1.82) is 0 Å². The van der Waals surface area contributed by atoms with Gasteiger partial charge in [-0.25, -0.2) is 9.37 Å². The molecule has 1 aromatic heterocycles. The standard InChI is InChI=1S/C12H19FN2OS/c1-3-10(13)6-15-4-5-16-11(7-15)12-14-9(2)8-17-12/h8,10-11H,3-7H2,1-2H3/t10-,11-/m1/s1. The number of morpholine rings is 1. The number of ether oxygens (including phenoxy) is 1. The number of aryl methyl sites for hydroxylation is 1. The molecule has 2 heterocycles. The SMILES string of the molecule is CC[C@@H](F)CN1CCO[C@@H](c2nc(C)cs2)C1. The van der Waals surface area contributed by atoms with E-state index >= 15 is 0 Å². The van der Waals surface area contributed by atoms with Gasteiger partial charge < -0.3 is 4.74 Å². The fourth-order valence-electron chi connectivity index (χ4n) is 1.95. The van der Waals surface area contributed by atoms with Gasteiger partial charge in [0.15, 0.2) is 0 Å². The second kappa shape index (κ2) is 5.89. The largest absolute Gasteiger partial charge is 0.368 e.